The second-order valence-electron chi connectivity index (χ2n) is 8.12. The standard InChI is InChI=1S/C24H52O3Si.2O.Ti/c1-5-9-10-11-12-13-14-15-16-17-18-19-20-21-22-23-24-28(25-6-2,26-7-3)27-8-4;;;/h5-24H2,1-4H3;;;. The minimum atomic E-state index is -2.40. The zero-order valence-corrected chi connectivity index (χ0v) is 23.7. The van der Waals surface area contributed by atoms with E-state index in [1.54, 1.807) is 0 Å². The molecule has 0 aromatic heterocycles. The first-order valence-corrected chi connectivity index (χ1v) is 16.3. The average Bonchev–Trinajstić information content (AvgIpc) is 2.74. The molecule has 0 aliphatic rings. The molecule has 0 unspecified atom stereocenters. The fourth-order valence-electron chi connectivity index (χ4n) is 3.89. The van der Waals surface area contributed by atoms with Crippen LogP contribution in [-0.2, 0) is 39.0 Å². The maximum atomic E-state index is 8.50. The molecule has 0 heterocycles. The van der Waals surface area contributed by atoms with Gasteiger partial charge >= 0.3 is 34.5 Å². The van der Waals surface area contributed by atoms with Crippen LogP contribution in [0.4, 0.5) is 0 Å². The Bertz CT molecular complexity index is 362. The summed E-state index contributed by atoms with van der Waals surface area (Å²) in [6, 6.07) is 0.973. The summed E-state index contributed by atoms with van der Waals surface area (Å²) in [7, 11) is -2.40. The number of rotatable bonds is 23. The molecule has 0 aliphatic heterocycles. The van der Waals surface area contributed by atoms with E-state index in [9.17, 15) is 0 Å². The number of hydrogen-bond acceptors (Lipinski definition) is 5. The van der Waals surface area contributed by atoms with Crippen LogP contribution >= 0.6 is 0 Å². The fourth-order valence-corrected chi connectivity index (χ4v) is 6.58. The van der Waals surface area contributed by atoms with E-state index in [-0.39, 0.29) is 0 Å². The molecule has 0 saturated heterocycles. The minimum absolute atomic E-state index is 0.686. The van der Waals surface area contributed by atoms with Gasteiger partial charge in [-0.15, -0.1) is 0 Å². The van der Waals surface area contributed by atoms with Gasteiger partial charge < -0.3 is 13.3 Å². The van der Waals surface area contributed by atoms with E-state index in [0.29, 0.717) is 19.8 Å². The van der Waals surface area contributed by atoms with E-state index in [1.165, 1.54) is 103 Å². The van der Waals surface area contributed by atoms with Gasteiger partial charge in [0.1, 0.15) is 0 Å². The molecule has 0 atom stereocenters. The van der Waals surface area contributed by atoms with Crippen molar-refractivity contribution >= 4 is 8.80 Å². The van der Waals surface area contributed by atoms with Crippen LogP contribution in [0.5, 0.6) is 0 Å². The summed E-state index contributed by atoms with van der Waals surface area (Å²) in [6.07, 6.45) is 22.4. The molecular formula is C24H52O5SiTi. The zero-order chi connectivity index (χ0) is 23.5. The van der Waals surface area contributed by atoms with Gasteiger partial charge in [0.15, 0.2) is 0 Å². The van der Waals surface area contributed by atoms with E-state index in [0.717, 1.165) is 6.04 Å². The molecule has 0 spiro atoms. The van der Waals surface area contributed by atoms with Crippen molar-refractivity contribution in [2.45, 2.75) is 136 Å². The molecule has 31 heavy (non-hydrogen) atoms. The quantitative estimate of drug-likeness (QED) is 0.106. The van der Waals surface area contributed by atoms with Crippen LogP contribution in [0.3, 0.4) is 0 Å². The molecular weight excluding hydrogens is 444 g/mol. The van der Waals surface area contributed by atoms with Gasteiger partial charge in [-0.3, -0.25) is 0 Å². The van der Waals surface area contributed by atoms with Crippen LogP contribution in [0.2, 0.25) is 6.04 Å². The summed E-state index contributed by atoms with van der Waals surface area (Å²) < 4.78 is 34.8. The van der Waals surface area contributed by atoms with E-state index < -0.39 is 27.9 Å². The van der Waals surface area contributed by atoms with Gasteiger partial charge in [-0.1, -0.05) is 103 Å². The Hall–Kier alpha value is 0.411. The third kappa shape index (κ3) is 24.9. The van der Waals surface area contributed by atoms with Crippen molar-refractivity contribution in [1.29, 1.82) is 0 Å². The molecule has 0 N–H and O–H groups in total. The Balaban J connectivity index is 0. The molecule has 0 aliphatic carbocycles. The summed E-state index contributed by atoms with van der Waals surface area (Å²) in [4.78, 5) is 0. The summed E-state index contributed by atoms with van der Waals surface area (Å²) in [5.74, 6) is 0. The Kier molecular flexibility index (Phi) is 30.8. The first-order valence-electron chi connectivity index (χ1n) is 13.1. The van der Waals surface area contributed by atoms with Crippen molar-refractivity contribution in [3.05, 3.63) is 0 Å². The zero-order valence-electron chi connectivity index (χ0n) is 21.2. The van der Waals surface area contributed by atoms with Crippen LogP contribution in [-0.4, -0.2) is 28.6 Å². The fraction of sp³-hybridized carbons (Fsp3) is 1.00. The second-order valence-corrected chi connectivity index (χ2v) is 11.1. The van der Waals surface area contributed by atoms with Crippen LogP contribution in [0, 0.1) is 0 Å². The summed E-state index contributed by atoms with van der Waals surface area (Å²) in [5.41, 5.74) is 0. The topological polar surface area (TPSA) is 61.8 Å². The van der Waals surface area contributed by atoms with Crippen molar-refractivity contribution in [2.24, 2.45) is 0 Å². The van der Waals surface area contributed by atoms with Crippen LogP contribution < -0.4 is 0 Å². The maximum absolute atomic E-state index is 8.50. The molecule has 186 valence electrons. The van der Waals surface area contributed by atoms with Crippen LogP contribution in [0.25, 0.3) is 0 Å². The Morgan fingerprint density at radius 1 is 0.484 bits per heavy atom. The van der Waals surface area contributed by atoms with Gasteiger partial charge in [-0.05, 0) is 27.2 Å². The molecule has 0 radical (unpaired) electrons. The molecule has 0 bridgehead atoms. The van der Waals surface area contributed by atoms with Gasteiger partial charge in [0.25, 0.3) is 0 Å². The van der Waals surface area contributed by atoms with Gasteiger partial charge in [0, 0.05) is 25.9 Å². The third-order valence-electron chi connectivity index (χ3n) is 5.43. The normalized spacial score (nSPS) is 11.1. The van der Waals surface area contributed by atoms with Crippen molar-refractivity contribution in [3.63, 3.8) is 0 Å². The first kappa shape index (κ1) is 33.6. The number of hydrogen-bond donors (Lipinski definition) is 0. The van der Waals surface area contributed by atoms with Crippen molar-refractivity contribution in [2.75, 3.05) is 19.8 Å². The van der Waals surface area contributed by atoms with Gasteiger partial charge in [-0.25, -0.2) is 0 Å². The summed E-state index contributed by atoms with van der Waals surface area (Å²) in [5, 5.41) is 0. The molecule has 7 heteroatoms. The number of unbranched alkanes of at least 4 members (excludes halogenated alkanes) is 15. The molecule has 0 rings (SSSR count). The molecule has 0 aromatic carbocycles. The Labute approximate surface area is 203 Å². The van der Waals surface area contributed by atoms with E-state index in [1.807, 2.05) is 20.8 Å². The first-order chi connectivity index (χ1) is 15.2. The van der Waals surface area contributed by atoms with Crippen molar-refractivity contribution < 1.29 is 39.0 Å². The molecule has 0 aromatic rings. The Morgan fingerprint density at radius 2 is 0.742 bits per heavy atom. The third-order valence-corrected chi connectivity index (χ3v) is 8.58. The van der Waals surface area contributed by atoms with Crippen LogP contribution in [0.1, 0.15) is 130 Å². The Morgan fingerprint density at radius 3 is 1.00 bits per heavy atom. The van der Waals surface area contributed by atoms with Crippen molar-refractivity contribution in [3.8, 4) is 0 Å². The van der Waals surface area contributed by atoms with Crippen molar-refractivity contribution in [1.82, 2.24) is 0 Å². The van der Waals surface area contributed by atoms with Gasteiger partial charge in [-0.2, -0.15) is 0 Å². The van der Waals surface area contributed by atoms with Gasteiger partial charge in [0.2, 0.25) is 0 Å². The predicted octanol–water partition coefficient (Wildman–Crippen LogP) is 8.06. The van der Waals surface area contributed by atoms with Gasteiger partial charge in [0.05, 0.1) is 0 Å². The molecule has 0 saturated carbocycles. The summed E-state index contributed by atoms with van der Waals surface area (Å²) in [6.45, 7) is 10.5. The molecule has 5 nitrogen and oxygen atoms in total. The SMILES string of the molecule is CCCCCCCCCCCCCCCCCC[Si](OCC)(OCC)OCC.[O]=[Ti]=[O]. The summed E-state index contributed by atoms with van der Waals surface area (Å²) >= 11 is -2.00. The monoisotopic (exact) mass is 496 g/mol. The van der Waals surface area contributed by atoms with Crippen LogP contribution in [0.15, 0.2) is 0 Å². The van der Waals surface area contributed by atoms with E-state index in [2.05, 4.69) is 6.92 Å². The average molecular weight is 497 g/mol. The van der Waals surface area contributed by atoms with E-state index in [4.69, 9.17) is 19.9 Å². The predicted molar refractivity (Wildman–Crippen MR) is 126 cm³/mol. The molecule has 0 amide bonds. The molecule has 0 fully saturated rings. The van der Waals surface area contributed by atoms with E-state index >= 15 is 0 Å². The second kappa shape index (κ2) is 28.4.